The maximum absolute atomic E-state index is 13.8. The third kappa shape index (κ3) is 4.06. The van der Waals surface area contributed by atoms with Crippen LogP contribution in [0.2, 0.25) is 0 Å². The van der Waals surface area contributed by atoms with Gasteiger partial charge in [0.1, 0.15) is 17.7 Å². The summed E-state index contributed by atoms with van der Waals surface area (Å²) in [6.07, 6.45) is 1.66. The molecule has 1 fully saturated rings. The molecule has 0 unspecified atom stereocenters. The van der Waals surface area contributed by atoms with Crippen LogP contribution >= 0.6 is 11.3 Å². The zero-order valence-corrected chi connectivity index (χ0v) is 18.2. The predicted molar refractivity (Wildman–Crippen MR) is 122 cm³/mol. The molecule has 4 heterocycles. The highest BCUT2D eigenvalue weighted by Gasteiger charge is 2.28. The van der Waals surface area contributed by atoms with Crippen molar-refractivity contribution in [1.82, 2.24) is 24.6 Å². The zero-order chi connectivity index (χ0) is 22.8. The van der Waals surface area contributed by atoms with Crippen LogP contribution in [0.1, 0.15) is 16.2 Å². The van der Waals surface area contributed by atoms with E-state index in [-0.39, 0.29) is 11.7 Å². The van der Waals surface area contributed by atoms with Gasteiger partial charge >= 0.3 is 0 Å². The highest BCUT2D eigenvalue weighted by molar-refractivity contribution is 7.13. The number of hydrogen-bond donors (Lipinski definition) is 0. The van der Waals surface area contributed by atoms with Crippen LogP contribution in [-0.4, -0.2) is 56.7 Å². The summed E-state index contributed by atoms with van der Waals surface area (Å²) in [6, 6.07) is 15.4. The molecule has 1 aliphatic heterocycles. The first kappa shape index (κ1) is 20.8. The number of nitrogens with zero attached hydrogens (tertiary/aromatic N) is 7. The van der Waals surface area contributed by atoms with Crippen LogP contribution in [0.4, 0.5) is 10.2 Å². The fourth-order valence-corrected chi connectivity index (χ4v) is 4.45. The second-order valence-corrected chi connectivity index (χ2v) is 8.34. The van der Waals surface area contributed by atoms with Crippen molar-refractivity contribution in [2.45, 2.75) is 0 Å². The molecular formula is C23H18FN7OS. The first-order valence-corrected chi connectivity index (χ1v) is 11.2. The normalized spacial score (nSPS) is 13.7. The van der Waals surface area contributed by atoms with Crippen molar-refractivity contribution in [2.75, 3.05) is 31.1 Å². The number of hydrogen-bond acceptors (Lipinski definition) is 7. The van der Waals surface area contributed by atoms with Crippen molar-refractivity contribution >= 4 is 23.1 Å². The summed E-state index contributed by atoms with van der Waals surface area (Å²) in [5, 5.41) is 15.7. The molecule has 1 amide bonds. The van der Waals surface area contributed by atoms with E-state index in [0.29, 0.717) is 49.1 Å². The van der Waals surface area contributed by atoms with Crippen LogP contribution in [0.5, 0.6) is 0 Å². The molecule has 3 aromatic heterocycles. The quantitative estimate of drug-likeness (QED) is 0.465. The highest BCUT2D eigenvalue weighted by atomic mass is 32.1. The molecule has 0 bridgehead atoms. The van der Waals surface area contributed by atoms with Crippen LogP contribution < -0.4 is 4.90 Å². The van der Waals surface area contributed by atoms with E-state index in [1.165, 1.54) is 28.2 Å². The van der Waals surface area contributed by atoms with Gasteiger partial charge in [0.15, 0.2) is 5.82 Å². The molecule has 1 saturated heterocycles. The van der Waals surface area contributed by atoms with Crippen molar-refractivity contribution in [2.24, 2.45) is 0 Å². The largest absolute Gasteiger partial charge is 0.352 e. The number of carbonyl (C=O) groups excluding carboxylic acids is 1. The van der Waals surface area contributed by atoms with Gasteiger partial charge in [0.2, 0.25) is 5.82 Å². The van der Waals surface area contributed by atoms with Gasteiger partial charge in [-0.05, 0) is 41.8 Å². The fraction of sp³-hybridized carbons (Fsp3) is 0.174. The molecule has 1 aliphatic rings. The van der Waals surface area contributed by atoms with Gasteiger partial charge in [0.05, 0.1) is 16.1 Å². The van der Waals surface area contributed by atoms with Crippen molar-refractivity contribution in [3.05, 3.63) is 77.3 Å². The monoisotopic (exact) mass is 459 g/mol. The van der Waals surface area contributed by atoms with Gasteiger partial charge in [-0.15, -0.1) is 16.4 Å². The van der Waals surface area contributed by atoms with E-state index in [2.05, 4.69) is 21.1 Å². The van der Waals surface area contributed by atoms with Gasteiger partial charge in [-0.25, -0.2) is 19.0 Å². The third-order valence-corrected chi connectivity index (χ3v) is 6.23. The third-order valence-electron chi connectivity index (χ3n) is 5.37. The second-order valence-electron chi connectivity index (χ2n) is 7.39. The molecule has 1 aromatic carbocycles. The number of piperazine rings is 1. The number of halogens is 1. The molecule has 4 aromatic rings. The van der Waals surface area contributed by atoms with E-state index in [1.54, 1.807) is 35.4 Å². The topological polar surface area (TPSA) is 90.9 Å². The smallest absolute Gasteiger partial charge is 0.293 e. The second kappa shape index (κ2) is 8.80. The minimum Gasteiger partial charge on any atom is -0.352 e. The average molecular weight is 460 g/mol. The Balaban J connectivity index is 1.39. The Kier molecular flexibility index (Phi) is 5.54. The number of thiophene rings is 1. The van der Waals surface area contributed by atoms with E-state index in [9.17, 15) is 14.4 Å². The molecule has 0 saturated carbocycles. The first-order valence-electron chi connectivity index (χ1n) is 10.3. The maximum atomic E-state index is 13.8. The summed E-state index contributed by atoms with van der Waals surface area (Å²) in [4.78, 5) is 26.6. The lowest BCUT2D eigenvalue weighted by atomic mass is 10.2. The summed E-state index contributed by atoms with van der Waals surface area (Å²) < 4.78 is 15.4. The lowest BCUT2D eigenvalue weighted by molar-refractivity contribution is 0.0734. The molecule has 0 aliphatic carbocycles. The van der Waals surface area contributed by atoms with Crippen LogP contribution in [-0.2, 0) is 0 Å². The van der Waals surface area contributed by atoms with E-state index in [0.717, 1.165) is 4.88 Å². The minimum atomic E-state index is -0.393. The number of amides is 1. The van der Waals surface area contributed by atoms with Crippen molar-refractivity contribution < 1.29 is 9.18 Å². The Labute approximate surface area is 193 Å². The number of carbonyl (C=O) groups is 1. The van der Waals surface area contributed by atoms with Crippen molar-refractivity contribution in [3.63, 3.8) is 0 Å². The Morgan fingerprint density at radius 2 is 1.94 bits per heavy atom. The number of pyridine rings is 1. The van der Waals surface area contributed by atoms with E-state index in [1.807, 2.05) is 22.4 Å². The molecule has 10 heteroatoms. The standard InChI is InChI=1S/C23H18FN7OS/c24-17-5-1-6-18(14-17)31-22(19-7-3-13-33-19)27-20(28-31)23(32)30-11-9-29(10-12-30)21-16(15-25)4-2-8-26-21/h1-8,13-14H,9-12H2. The van der Waals surface area contributed by atoms with Crippen molar-refractivity contribution in [3.8, 4) is 22.5 Å². The Morgan fingerprint density at radius 3 is 2.67 bits per heavy atom. The van der Waals surface area contributed by atoms with Gasteiger partial charge in [-0.2, -0.15) is 5.26 Å². The molecule has 0 spiro atoms. The van der Waals surface area contributed by atoms with Gasteiger partial charge in [0.25, 0.3) is 5.91 Å². The number of nitriles is 1. The molecule has 164 valence electrons. The lowest BCUT2D eigenvalue weighted by Crippen LogP contribution is -2.49. The molecule has 0 radical (unpaired) electrons. The summed E-state index contributed by atoms with van der Waals surface area (Å²) in [7, 11) is 0. The van der Waals surface area contributed by atoms with E-state index < -0.39 is 5.82 Å². The van der Waals surface area contributed by atoms with Crippen LogP contribution in [0.3, 0.4) is 0 Å². The number of benzene rings is 1. The molecule has 0 atom stereocenters. The first-order chi connectivity index (χ1) is 16.1. The summed E-state index contributed by atoms with van der Waals surface area (Å²) in [6.45, 7) is 1.98. The van der Waals surface area contributed by atoms with Gasteiger partial charge in [-0.3, -0.25) is 4.79 Å². The van der Waals surface area contributed by atoms with Crippen LogP contribution in [0.25, 0.3) is 16.4 Å². The van der Waals surface area contributed by atoms with E-state index >= 15 is 0 Å². The molecule has 8 nitrogen and oxygen atoms in total. The number of anilines is 1. The Bertz CT molecular complexity index is 1340. The highest BCUT2D eigenvalue weighted by Crippen LogP contribution is 2.26. The Morgan fingerprint density at radius 1 is 1.09 bits per heavy atom. The fourth-order valence-electron chi connectivity index (χ4n) is 3.75. The SMILES string of the molecule is N#Cc1cccnc1N1CCN(C(=O)c2nc(-c3cccs3)n(-c3cccc(F)c3)n2)CC1. The molecule has 33 heavy (non-hydrogen) atoms. The minimum absolute atomic E-state index is 0.0617. The van der Waals surface area contributed by atoms with Crippen LogP contribution in [0, 0.1) is 17.1 Å². The van der Waals surface area contributed by atoms with E-state index in [4.69, 9.17) is 0 Å². The van der Waals surface area contributed by atoms with Gasteiger partial charge < -0.3 is 9.80 Å². The number of aromatic nitrogens is 4. The number of rotatable bonds is 4. The zero-order valence-electron chi connectivity index (χ0n) is 17.4. The summed E-state index contributed by atoms with van der Waals surface area (Å²) >= 11 is 1.47. The van der Waals surface area contributed by atoms with Gasteiger partial charge in [-0.1, -0.05) is 12.1 Å². The van der Waals surface area contributed by atoms with Crippen molar-refractivity contribution in [1.29, 1.82) is 5.26 Å². The summed E-state index contributed by atoms with van der Waals surface area (Å²) in [5.74, 6) is 0.497. The predicted octanol–water partition coefficient (Wildman–Crippen LogP) is 3.36. The van der Waals surface area contributed by atoms with Gasteiger partial charge in [0, 0.05) is 32.4 Å². The molecular weight excluding hydrogens is 441 g/mol. The lowest BCUT2D eigenvalue weighted by Gasteiger charge is -2.35. The average Bonchev–Trinajstić information content (AvgIpc) is 3.54. The molecule has 0 N–H and O–H groups in total. The molecule has 5 rings (SSSR count). The van der Waals surface area contributed by atoms with Crippen LogP contribution in [0.15, 0.2) is 60.1 Å². The summed E-state index contributed by atoms with van der Waals surface area (Å²) in [5.41, 5.74) is 1.00. The maximum Gasteiger partial charge on any atom is 0.293 e. The Hall–Kier alpha value is -4.10.